The third kappa shape index (κ3) is 7.70. The van der Waals surface area contributed by atoms with E-state index in [1.165, 1.54) is 28.8 Å². The Morgan fingerprint density at radius 3 is 1.57 bits per heavy atom. The monoisotopic (exact) mass is 700 g/mol. The quantitative estimate of drug-likeness (QED) is 0.178. The average molecular weight is 702 g/mol. The Morgan fingerprint density at radius 2 is 1.13 bits per heavy atom. The first kappa shape index (κ1) is 33.8. The van der Waals surface area contributed by atoms with Crippen LogP contribution in [0.1, 0.15) is 36.4 Å². The number of rotatable bonds is 8. The van der Waals surface area contributed by atoms with Gasteiger partial charge in [0.05, 0.1) is 44.0 Å². The lowest BCUT2D eigenvalue weighted by atomic mass is 10.2. The molecule has 0 aliphatic rings. The first-order chi connectivity index (χ1) is 22.5. The minimum Gasteiger partial charge on any atom is -0.308 e. The summed E-state index contributed by atoms with van der Waals surface area (Å²) in [6.07, 6.45) is 0. The van der Waals surface area contributed by atoms with Gasteiger partial charge in [-0.3, -0.25) is 18.7 Å². The van der Waals surface area contributed by atoms with Crippen LogP contribution in [-0.2, 0) is 0 Å². The minimum absolute atomic E-state index is 0.111. The summed E-state index contributed by atoms with van der Waals surface area (Å²) < 4.78 is 29.5. The number of para-hydroxylation sites is 2. The van der Waals surface area contributed by atoms with Crippen molar-refractivity contribution in [2.24, 2.45) is 0 Å². The number of hydrogen-bond donors (Lipinski definition) is 1. The largest absolute Gasteiger partial charge is 0.308 e. The maximum Gasteiger partial charge on any atom is 0.266 e. The predicted octanol–water partition coefficient (Wildman–Crippen LogP) is 6.72. The molecule has 0 aliphatic carbocycles. The number of fused-ring (bicyclic) bond motifs is 2. The molecule has 242 valence electrons. The Kier molecular flexibility index (Phi) is 10.7. The van der Waals surface area contributed by atoms with E-state index in [0.717, 1.165) is 13.1 Å². The molecule has 0 spiro atoms. The van der Waals surface area contributed by atoms with Crippen LogP contribution in [-0.4, -0.2) is 51.2 Å². The van der Waals surface area contributed by atoms with E-state index in [1.807, 2.05) is 58.3 Å². The summed E-state index contributed by atoms with van der Waals surface area (Å²) in [6, 6.07) is 26.1. The molecule has 2 aromatic heterocycles. The number of hydrogen-bond acceptors (Lipinski definition) is 6. The van der Waals surface area contributed by atoms with Crippen molar-refractivity contribution in [3.05, 3.63) is 141 Å². The van der Waals surface area contributed by atoms with Crippen molar-refractivity contribution >= 4 is 37.7 Å². The van der Waals surface area contributed by atoms with Crippen LogP contribution in [0, 0.1) is 11.6 Å². The van der Waals surface area contributed by atoms with Crippen LogP contribution >= 0.6 is 15.9 Å². The molecule has 2 unspecified atom stereocenters. The van der Waals surface area contributed by atoms with Gasteiger partial charge in [0.15, 0.2) is 0 Å². The summed E-state index contributed by atoms with van der Waals surface area (Å²) in [6.45, 7) is 5.52. The maximum absolute atomic E-state index is 13.3. The van der Waals surface area contributed by atoms with Gasteiger partial charge >= 0.3 is 0 Å². The van der Waals surface area contributed by atoms with Gasteiger partial charge in [-0.1, -0.05) is 40.2 Å². The molecule has 11 heteroatoms. The SMILES string of the molecule is CC(Br)c1nc2ccccc2c(=O)n1-c1ccc(F)cc1.CC(NCCN(C)C)c1nc2ccccc2c(=O)n1-c1ccc(F)cc1. The standard InChI is InChI=1S/C20H23FN4O.C16H12BrFN2O/c1-14(22-12-13-24(2)3)19-23-18-7-5-4-6-17(18)20(26)25(19)16-10-8-15(21)9-11-16;1-10(17)15-19-14-5-3-2-4-13(14)16(21)20(15)12-8-6-11(18)7-9-12/h4-11,14,22H,12-13H2,1-3H3;2-10H,1H3. The summed E-state index contributed by atoms with van der Waals surface area (Å²) >= 11 is 3.47. The molecule has 0 saturated carbocycles. The minimum atomic E-state index is -0.339. The highest BCUT2D eigenvalue weighted by Gasteiger charge is 2.18. The lowest BCUT2D eigenvalue weighted by molar-refractivity contribution is 0.385. The van der Waals surface area contributed by atoms with E-state index in [-0.39, 0.29) is 33.6 Å². The lowest BCUT2D eigenvalue weighted by Gasteiger charge is -2.20. The molecule has 47 heavy (non-hydrogen) atoms. The first-order valence-corrected chi connectivity index (χ1v) is 16.0. The zero-order valence-electron chi connectivity index (χ0n) is 26.5. The number of alkyl halides is 1. The van der Waals surface area contributed by atoms with Crippen LogP contribution < -0.4 is 16.4 Å². The Balaban J connectivity index is 0.000000189. The molecule has 0 amide bonds. The van der Waals surface area contributed by atoms with Gasteiger partial charge in [-0.15, -0.1) is 0 Å². The fraction of sp³-hybridized carbons (Fsp3) is 0.222. The summed E-state index contributed by atoms with van der Waals surface area (Å²) in [5.41, 5.74) is 2.20. The molecule has 1 N–H and O–H groups in total. The van der Waals surface area contributed by atoms with E-state index >= 15 is 0 Å². The van der Waals surface area contributed by atoms with Gasteiger partial charge in [-0.25, -0.2) is 18.7 Å². The molecular formula is C36H35BrF2N6O2. The smallest absolute Gasteiger partial charge is 0.266 e. The molecule has 2 heterocycles. The Hall–Kier alpha value is -4.58. The molecule has 8 nitrogen and oxygen atoms in total. The maximum atomic E-state index is 13.3. The van der Waals surface area contributed by atoms with Crippen molar-refractivity contribution in [2.75, 3.05) is 27.2 Å². The number of aromatic nitrogens is 4. The average Bonchev–Trinajstić information content (AvgIpc) is 3.06. The topological polar surface area (TPSA) is 85.1 Å². The Morgan fingerprint density at radius 1 is 0.702 bits per heavy atom. The highest BCUT2D eigenvalue weighted by Crippen LogP contribution is 2.24. The number of halogens is 3. The number of nitrogens with one attached hydrogen (secondary N) is 1. The molecule has 0 aliphatic heterocycles. The fourth-order valence-electron chi connectivity index (χ4n) is 5.13. The van der Waals surface area contributed by atoms with E-state index in [1.54, 1.807) is 47.0 Å². The normalized spacial score (nSPS) is 12.6. The Labute approximate surface area is 279 Å². The zero-order valence-corrected chi connectivity index (χ0v) is 28.1. The van der Waals surface area contributed by atoms with Gasteiger partial charge in [0.2, 0.25) is 0 Å². The highest BCUT2D eigenvalue weighted by molar-refractivity contribution is 9.09. The van der Waals surface area contributed by atoms with Gasteiger partial charge in [-0.2, -0.15) is 0 Å². The number of likely N-dealkylation sites (N-methyl/N-ethyl adjacent to an activating group) is 1. The second-order valence-electron chi connectivity index (χ2n) is 11.3. The highest BCUT2D eigenvalue weighted by atomic mass is 79.9. The van der Waals surface area contributed by atoms with E-state index in [4.69, 9.17) is 4.98 Å². The van der Waals surface area contributed by atoms with Crippen LogP contribution in [0.3, 0.4) is 0 Å². The Bertz CT molecular complexity index is 2110. The second kappa shape index (κ2) is 14.9. The van der Waals surface area contributed by atoms with Gasteiger partial charge in [0.1, 0.15) is 23.3 Å². The molecular weight excluding hydrogens is 666 g/mol. The molecule has 0 fully saturated rings. The van der Waals surface area contributed by atoms with Gasteiger partial charge in [-0.05, 0) is 101 Å². The molecule has 6 rings (SSSR count). The number of nitrogens with zero attached hydrogens (tertiary/aromatic N) is 5. The van der Waals surface area contributed by atoms with Gasteiger partial charge in [0, 0.05) is 13.1 Å². The van der Waals surface area contributed by atoms with Crippen LogP contribution in [0.5, 0.6) is 0 Å². The summed E-state index contributed by atoms with van der Waals surface area (Å²) in [7, 11) is 4.02. The van der Waals surface area contributed by atoms with Crippen LogP contribution in [0.25, 0.3) is 33.2 Å². The third-order valence-corrected chi connectivity index (χ3v) is 7.94. The molecule has 0 radical (unpaired) electrons. The van der Waals surface area contributed by atoms with Crippen molar-refractivity contribution < 1.29 is 8.78 Å². The first-order valence-electron chi connectivity index (χ1n) is 15.1. The molecule has 6 aromatic rings. The van der Waals surface area contributed by atoms with E-state index in [9.17, 15) is 18.4 Å². The van der Waals surface area contributed by atoms with Crippen LogP contribution in [0.15, 0.2) is 107 Å². The van der Waals surface area contributed by atoms with E-state index in [2.05, 4.69) is 31.1 Å². The van der Waals surface area contributed by atoms with Crippen molar-refractivity contribution in [1.29, 1.82) is 0 Å². The zero-order chi connectivity index (χ0) is 33.7. The summed E-state index contributed by atoms with van der Waals surface area (Å²) in [4.78, 5) is 37.1. The van der Waals surface area contributed by atoms with E-state index in [0.29, 0.717) is 44.8 Å². The fourth-order valence-corrected chi connectivity index (χ4v) is 5.44. The van der Waals surface area contributed by atoms with E-state index < -0.39 is 0 Å². The van der Waals surface area contributed by atoms with Crippen LogP contribution in [0.2, 0.25) is 0 Å². The van der Waals surface area contributed by atoms with Gasteiger partial charge < -0.3 is 10.2 Å². The van der Waals surface area contributed by atoms with Crippen molar-refractivity contribution in [1.82, 2.24) is 29.3 Å². The van der Waals surface area contributed by atoms with Crippen molar-refractivity contribution in [2.45, 2.75) is 24.7 Å². The molecule has 0 saturated heterocycles. The lowest BCUT2D eigenvalue weighted by Crippen LogP contribution is -2.33. The molecule has 0 bridgehead atoms. The van der Waals surface area contributed by atoms with Crippen molar-refractivity contribution in [3.8, 4) is 11.4 Å². The van der Waals surface area contributed by atoms with Crippen molar-refractivity contribution in [3.63, 3.8) is 0 Å². The summed E-state index contributed by atoms with van der Waals surface area (Å²) in [5, 5.41) is 4.49. The van der Waals surface area contributed by atoms with Gasteiger partial charge in [0.25, 0.3) is 11.1 Å². The molecule has 4 aromatic carbocycles. The summed E-state index contributed by atoms with van der Waals surface area (Å²) in [5.74, 6) is 0.521. The molecule has 2 atom stereocenters. The predicted molar refractivity (Wildman–Crippen MR) is 187 cm³/mol. The second-order valence-corrected chi connectivity index (χ2v) is 12.7. The van der Waals surface area contributed by atoms with Crippen LogP contribution in [0.4, 0.5) is 8.78 Å². The third-order valence-electron chi connectivity index (χ3n) is 7.53. The number of benzene rings is 4.